The van der Waals surface area contributed by atoms with Crippen LogP contribution < -0.4 is 5.32 Å². The third-order valence-electron chi connectivity index (χ3n) is 6.67. The van der Waals surface area contributed by atoms with Gasteiger partial charge >= 0.3 is 0 Å². The van der Waals surface area contributed by atoms with Crippen molar-refractivity contribution in [1.29, 1.82) is 0 Å². The van der Waals surface area contributed by atoms with Gasteiger partial charge in [0, 0.05) is 22.5 Å². The van der Waals surface area contributed by atoms with Gasteiger partial charge in [0.25, 0.3) is 0 Å². The molecule has 1 aromatic heterocycles. The lowest BCUT2D eigenvalue weighted by Gasteiger charge is -2.32. The average Bonchev–Trinajstić information content (AvgIpc) is 3.32. The number of benzene rings is 3. The number of ether oxygens (including phenoxy) is 1. The zero-order valence-electron chi connectivity index (χ0n) is 20.4. The van der Waals surface area contributed by atoms with Crippen molar-refractivity contribution in [3.05, 3.63) is 106 Å². The van der Waals surface area contributed by atoms with Crippen molar-refractivity contribution in [2.75, 3.05) is 0 Å². The Morgan fingerprint density at radius 2 is 1.68 bits per heavy atom. The van der Waals surface area contributed by atoms with Crippen LogP contribution in [0.1, 0.15) is 36.9 Å². The summed E-state index contributed by atoms with van der Waals surface area (Å²) in [6, 6.07) is 25.2. The second-order valence-electron chi connectivity index (χ2n) is 9.35. The van der Waals surface area contributed by atoms with Gasteiger partial charge in [-0.05, 0) is 54.8 Å². The van der Waals surface area contributed by atoms with E-state index in [9.17, 15) is 4.79 Å². The number of halogens is 2. The Labute approximate surface area is 227 Å². The SMILES string of the molecule is O=C(Cc1cn(-c2ccc(Cl)cc2)c(-c2ccccc2Cl)n1)N[C@H]1CCCC[C@@H]1OCc1ccccc1. The molecule has 1 aliphatic carbocycles. The van der Waals surface area contributed by atoms with Gasteiger partial charge in [0.2, 0.25) is 5.91 Å². The van der Waals surface area contributed by atoms with Crippen LogP contribution in [0.15, 0.2) is 85.1 Å². The minimum Gasteiger partial charge on any atom is -0.371 e. The monoisotopic (exact) mass is 533 g/mol. The van der Waals surface area contributed by atoms with Crippen LogP contribution in [0.25, 0.3) is 17.1 Å². The Morgan fingerprint density at radius 3 is 2.46 bits per heavy atom. The molecule has 0 bridgehead atoms. The van der Waals surface area contributed by atoms with Crippen LogP contribution in [0.4, 0.5) is 0 Å². The minimum absolute atomic E-state index is 0.00298. The van der Waals surface area contributed by atoms with Crippen molar-refractivity contribution >= 4 is 29.1 Å². The topological polar surface area (TPSA) is 56.2 Å². The second-order valence-corrected chi connectivity index (χ2v) is 10.2. The van der Waals surface area contributed by atoms with E-state index in [0.29, 0.717) is 28.2 Å². The number of nitrogens with one attached hydrogen (secondary N) is 1. The fourth-order valence-electron chi connectivity index (χ4n) is 4.81. The standard InChI is InChI=1S/C30H29Cl2N3O2/c31-22-14-16-24(17-15-22)35-19-23(33-30(35)25-10-4-5-11-26(25)32)18-29(36)34-27-12-6-7-13-28(27)37-20-21-8-2-1-3-9-21/h1-5,8-11,14-17,19,27-28H,6-7,12-13,18,20H2,(H,34,36)/t27-,28-/m0/s1. The first-order chi connectivity index (χ1) is 18.1. The minimum atomic E-state index is -0.0633. The lowest BCUT2D eigenvalue weighted by molar-refractivity contribution is -0.123. The van der Waals surface area contributed by atoms with E-state index in [1.165, 1.54) is 0 Å². The first kappa shape index (κ1) is 25.5. The third kappa shape index (κ3) is 6.42. The molecule has 0 unspecified atom stereocenters. The van der Waals surface area contributed by atoms with E-state index < -0.39 is 0 Å². The van der Waals surface area contributed by atoms with Crippen molar-refractivity contribution in [2.45, 2.75) is 50.9 Å². The van der Waals surface area contributed by atoms with E-state index in [0.717, 1.165) is 42.5 Å². The van der Waals surface area contributed by atoms with Crippen molar-refractivity contribution in [3.8, 4) is 17.1 Å². The summed E-state index contributed by atoms with van der Waals surface area (Å²) in [7, 11) is 0. The number of aromatic nitrogens is 2. The summed E-state index contributed by atoms with van der Waals surface area (Å²) in [5.41, 5.74) is 3.49. The van der Waals surface area contributed by atoms with Gasteiger partial charge < -0.3 is 10.1 Å². The molecular formula is C30H29Cl2N3O2. The summed E-state index contributed by atoms with van der Waals surface area (Å²) >= 11 is 12.6. The van der Waals surface area contributed by atoms with Crippen LogP contribution in [0, 0.1) is 0 Å². The molecule has 1 heterocycles. The Bertz CT molecular complexity index is 1340. The van der Waals surface area contributed by atoms with E-state index in [2.05, 4.69) is 17.4 Å². The van der Waals surface area contributed by atoms with Gasteiger partial charge in [0.05, 0.1) is 35.9 Å². The van der Waals surface area contributed by atoms with E-state index in [4.69, 9.17) is 32.9 Å². The molecule has 1 amide bonds. The Morgan fingerprint density at radius 1 is 0.946 bits per heavy atom. The maximum absolute atomic E-state index is 13.1. The molecule has 5 rings (SSSR count). The largest absolute Gasteiger partial charge is 0.371 e. The van der Waals surface area contributed by atoms with Gasteiger partial charge in [-0.3, -0.25) is 9.36 Å². The van der Waals surface area contributed by atoms with Crippen molar-refractivity contribution < 1.29 is 9.53 Å². The first-order valence-electron chi connectivity index (χ1n) is 12.6. The maximum atomic E-state index is 13.1. The molecule has 190 valence electrons. The van der Waals surface area contributed by atoms with E-state index >= 15 is 0 Å². The Balaban J connectivity index is 1.32. The summed E-state index contributed by atoms with van der Waals surface area (Å²) in [4.78, 5) is 18.0. The molecule has 0 saturated heterocycles. The zero-order chi connectivity index (χ0) is 25.6. The molecule has 3 aromatic carbocycles. The predicted octanol–water partition coefficient (Wildman–Crippen LogP) is 7.03. The number of imidazole rings is 1. The van der Waals surface area contributed by atoms with Gasteiger partial charge in [-0.25, -0.2) is 4.98 Å². The molecule has 1 saturated carbocycles. The van der Waals surface area contributed by atoms with E-state index in [1.807, 2.05) is 77.5 Å². The normalized spacial score (nSPS) is 17.5. The summed E-state index contributed by atoms with van der Waals surface area (Å²) < 4.78 is 8.19. The molecular weight excluding hydrogens is 505 g/mol. The van der Waals surface area contributed by atoms with Gasteiger partial charge in [-0.15, -0.1) is 0 Å². The predicted molar refractivity (Wildman–Crippen MR) is 148 cm³/mol. The van der Waals surface area contributed by atoms with E-state index in [-0.39, 0.29) is 24.5 Å². The highest BCUT2D eigenvalue weighted by Crippen LogP contribution is 2.30. The van der Waals surface area contributed by atoms with Crippen LogP contribution in [-0.2, 0) is 22.6 Å². The van der Waals surface area contributed by atoms with Crippen LogP contribution in [0.3, 0.4) is 0 Å². The fourth-order valence-corrected chi connectivity index (χ4v) is 5.15. The van der Waals surface area contributed by atoms with Crippen LogP contribution in [0.2, 0.25) is 10.0 Å². The molecule has 1 N–H and O–H groups in total. The van der Waals surface area contributed by atoms with Crippen LogP contribution in [-0.4, -0.2) is 27.6 Å². The summed E-state index contributed by atoms with van der Waals surface area (Å²) in [6.07, 6.45) is 6.11. The van der Waals surface area contributed by atoms with E-state index in [1.54, 1.807) is 0 Å². The highest BCUT2D eigenvalue weighted by molar-refractivity contribution is 6.33. The molecule has 1 fully saturated rings. The molecule has 4 aromatic rings. The van der Waals surface area contributed by atoms with Crippen LogP contribution >= 0.6 is 23.2 Å². The number of nitrogens with zero attached hydrogens (tertiary/aromatic N) is 2. The average molecular weight is 534 g/mol. The van der Waals surface area contributed by atoms with Crippen molar-refractivity contribution in [3.63, 3.8) is 0 Å². The first-order valence-corrected chi connectivity index (χ1v) is 13.4. The molecule has 0 radical (unpaired) electrons. The van der Waals surface area contributed by atoms with Gasteiger partial charge in [0.1, 0.15) is 5.82 Å². The number of amides is 1. The van der Waals surface area contributed by atoms with Gasteiger partial charge in [-0.1, -0.05) is 78.5 Å². The molecule has 1 aliphatic rings. The molecule has 7 heteroatoms. The molecule has 2 atom stereocenters. The van der Waals surface area contributed by atoms with Crippen molar-refractivity contribution in [2.24, 2.45) is 0 Å². The van der Waals surface area contributed by atoms with Crippen molar-refractivity contribution in [1.82, 2.24) is 14.9 Å². The smallest absolute Gasteiger partial charge is 0.226 e. The zero-order valence-corrected chi connectivity index (χ0v) is 22.0. The number of hydrogen-bond acceptors (Lipinski definition) is 3. The highest BCUT2D eigenvalue weighted by atomic mass is 35.5. The second kappa shape index (κ2) is 12.0. The fraction of sp³-hybridized carbons (Fsp3) is 0.267. The number of hydrogen-bond donors (Lipinski definition) is 1. The quantitative estimate of drug-likeness (QED) is 0.264. The van der Waals surface area contributed by atoms with Gasteiger partial charge in [0.15, 0.2) is 0 Å². The summed E-state index contributed by atoms with van der Waals surface area (Å²) in [6.45, 7) is 0.546. The number of rotatable bonds is 8. The Hall–Kier alpha value is -3.12. The summed E-state index contributed by atoms with van der Waals surface area (Å²) in [5.74, 6) is 0.615. The highest BCUT2D eigenvalue weighted by Gasteiger charge is 2.27. The maximum Gasteiger partial charge on any atom is 0.226 e. The third-order valence-corrected chi connectivity index (χ3v) is 7.25. The number of carbonyl (C=O) groups is 1. The molecule has 37 heavy (non-hydrogen) atoms. The molecule has 0 aliphatic heterocycles. The summed E-state index contributed by atoms with van der Waals surface area (Å²) in [5, 5.41) is 4.47. The lowest BCUT2D eigenvalue weighted by Crippen LogP contribution is -2.46. The number of carbonyl (C=O) groups excluding carboxylic acids is 1. The van der Waals surface area contributed by atoms with Gasteiger partial charge in [-0.2, -0.15) is 0 Å². The lowest BCUT2D eigenvalue weighted by atomic mass is 9.92. The molecule has 5 nitrogen and oxygen atoms in total. The molecule has 0 spiro atoms. The van der Waals surface area contributed by atoms with Crippen LogP contribution in [0.5, 0.6) is 0 Å². The Kier molecular flexibility index (Phi) is 8.24.